The number of carbonyl (C=O) groups excluding carboxylic acids is 1. The number of aromatic nitrogens is 2. The Balaban J connectivity index is 0.00000338. The number of carbonyl (C=O) groups is 1. The second-order valence-corrected chi connectivity index (χ2v) is 6.00. The summed E-state index contributed by atoms with van der Waals surface area (Å²) >= 11 is 0. The third-order valence-corrected chi connectivity index (χ3v) is 4.33. The van der Waals surface area contributed by atoms with Gasteiger partial charge in [0.05, 0.1) is 11.5 Å². The Morgan fingerprint density at radius 2 is 2.15 bits per heavy atom. The zero-order valence-corrected chi connectivity index (χ0v) is 17.4. The number of halogens is 1. The highest BCUT2D eigenvalue weighted by Crippen LogP contribution is 2.20. The van der Waals surface area contributed by atoms with E-state index in [0.717, 1.165) is 31.9 Å². The highest BCUT2D eigenvalue weighted by molar-refractivity contribution is 14.0. The standard InChI is InChI=1S/C15H25N7O3.HI/c1-16-14(23)9-12-3-6-20(7-4-12)15(17-2)18-5-8-21-11-13(10-19-21)22(24)25;/h10-12H,3-9H2,1-2H3,(H,16,23)(H,17,18);1H. The Morgan fingerprint density at radius 1 is 1.46 bits per heavy atom. The van der Waals surface area contributed by atoms with Gasteiger partial charge in [0.25, 0.3) is 0 Å². The minimum Gasteiger partial charge on any atom is -0.359 e. The molecular weight excluding hydrogens is 453 g/mol. The number of piperidine rings is 1. The van der Waals surface area contributed by atoms with Crippen LogP contribution in [0.3, 0.4) is 0 Å². The second-order valence-electron chi connectivity index (χ2n) is 6.00. The highest BCUT2D eigenvalue weighted by atomic mass is 127. The summed E-state index contributed by atoms with van der Waals surface area (Å²) in [7, 11) is 3.40. The lowest BCUT2D eigenvalue weighted by molar-refractivity contribution is -0.385. The van der Waals surface area contributed by atoms with E-state index in [0.29, 0.717) is 25.4 Å². The van der Waals surface area contributed by atoms with Gasteiger partial charge in [-0.3, -0.25) is 24.6 Å². The van der Waals surface area contributed by atoms with Crippen molar-refractivity contribution < 1.29 is 9.72 Å². The van der Waals surface area contributed by atoms with Crippen molar-refractivity contribution in [2.24, 2.45) is 10.9 Å². The SMILES string of the molecule is CN=C(NCCn1cc([N+](=O)[O-])cn1)N1CCC(CC(=O)NC)CC1.I. The Morgan fingerprint density at radius 3 is 2.69 bits per heavy atom. The maximum absolute atomic E-state index is 11.5. The van der Waals surface area contributed by atoms with Crippen LogP contribution in [0.5, 0.6) is 0 Å². The van der Waals surface area contributed by atoms with Gasteiger partial charge in [-0.2, -0.15) is 5.10 Å². The molecule has 11 heteroatoms. The number of nitrogens with zero attached hydrogens (tertiary/aromatic N) is 5. The summed E-state index contributed by atoms with van der Waals surface area (Å²) in [6.07, 6.45) is 5.15. The molecule has 146 valence electrons. The quantitative estimate of drug-likeness (QED) is 0.205. The number of hydrogen-bond acceptors (Lipinski definition) is 5. The van der Waals surface area contributed by atoms with Crippen LogP contribution in [0.25, 0.3) is 0 Å². The minimum absolute atomic E-state index is 0. The molecule has 2 rings (SSSR count). The molecule has 0 unspecified atom stereocenters. The van der Waals surface area contributed by atoms with Crippen LogP contribution in [0.2, 0.25) is 0 Å². The third-order valence-electron chi connectivity index (χ3n) is 4.33. The molecule has 1 fully saturated rings. The average molecular weight is 479 g/mol. The number of rotatable bonds is 6. The van der Waals surface area contributed by atoms with Crippen LogP contribution in [0.15, 0.2) is 17.4 Å². The molecule has 1 aliphatic heterocycles. The molecule has 0 bridgehead atoms. The Kier molecular flexibility index (Phi) is 9.30. The molecule has 1 aliphatic rings. The van der Waals surface area contributed by atoms with E-state index >= 15 is 0 Å². The lowest BCUT2D eigenvalue weighted by Crippen LogP contribution is -2.46. The summed E-state index contributed by atoms with van der Waals surface area (Å²) in [5.74, 6) is 1.31. The molecule has 0 saturated carbocycles. The lowest BCUT2D eigenvalue weighted by atomic mass is 9.93. The summed E-state index contributed by atoms with van der Waals surface area (Å²) < 4.78 is 1.54. The third kappa shape index (κ3) is 6.42. The highest BCUT2D eigenvalue weighted by Gasteiger charge is 2.23. The van der Waals surface area contributed by atoms with Gasteiger partial charge < -0.3 is 15.5 Å². The monoisotopic (exact) mass is 479 g/mol. The van der Waals surface area contributed by atoms with Crippen LogP contribution < -0.4 is 10.6 Å². The predicted molar refractivity (Wildman–Crippen MR) is 109 cm³/mol. The van der Waals surface area contributed by atoms with Crippen molar-refractivity contribution in [2.75, 3.05) is 33.7 Å². The van der Waals surface area contributed by atoms with E-state index in [2.05, 4.69) is 25.6 Å². The van der Waals surface area contributed by atoms with E-state index in [9.17, 15) is 14.9 Å². The van der Waals surface area contributed by atoms with Gasteiger partial charge in [0, 0.05) is 40.2 Å². The zero-order chi connectivity index (χ0) is 18.2. The summed E-state index contributed by atoms with van der Waals surface area (Å²) in [5, 5.41) is 20.5. The van der Waals surface area contributed by atoms with Crippen LogP contribution in [-0.2, 0) is 11.3 Å². The normalized spacial score (nSPS) is 15.3. The van der Waals surface area contributed by atoms with Crippen LogP contribution in [0.1, 0.15) is 19.3 Å². The molecule has 2 N–H and O–H groups in total. The first-order valence-electron chi connectivity index (χ1n) is 8.36. The molecule has 1 aromatic heterocycles. The minimum atomic E-state index is -0.460. The van der Waals surface area contributed by atoms with Crippen molar-refractivity contribution in [3.63, 3.8) is 0 Å². The van der Waals surface area contributed by atoms with Gasteiger partial charge in [-0.1, -0.05) is 0 Å². The van der Waals surface area contributed by atoms with Crippen molar-refractivity contribution in [3.05, 3.63) is 22.5 Å². The smallest absolute Gasteiger partial charge is 0.306 e. The fourth-order valence-corrected chi connectivity index (χ4v) is 2.90. The molecule has 0 aliphatic carbocycles. The average Bonchev–Trinajstić information content (AvgIpc) is 3.09. The van der Waals surface area contributed by atoms with E-state index in [1.54, 1.807) is 14.1 Å². The van der Waals surface area contributed by atoms with Gasteiger partial charge in [0.2, 0.25) is 5.91 Å². The fraction of sp³-hybridized carbons (Fsp3) is 0.667. The zero-order valence-electron chi connectivity index (χ0n) is 15.1. The van der Waals surface area contributed by atoms with Gasteiger partial charge in [0.15, 0.2) is 5.96 Å². The largest absolute Gasteiger partial charge is 0.359 e. The van der Waals surface area contributed by atoms with Crippen LogP contribution in [-0.4, -0.2) is 65.2 Å². The number of likely N-dealkylation sites (tertiary alicyclic amines) is 1. The molecule has 0 aromatic carbocycles. The van der Waals surface area contributed by atoms with E-state index in [-0.39, 0.29) is 35.6 Å². The first kappa shape index (κ1) is 22.1. The van der Waals surface area contributed by atoms with E-state index in [1.807, 2.05) is 0 Å². The van der Waals surface area contributed by atoms with Crippen LogP contribution in [0, 0.1) is 16.0 Å². The molecule has 1 amide bonds. The second kappa shape index (κ2) is 10.9. The Labute approximate surface area is 169 Å². The number of hydrogen-bond donors (Lipinski definition) is 2. The molecular formula is C15H26IN7O3. The molecule has 0 radical (unpaired) electrons. The van der Waals surface area contributed by atoms with Crippen LogP contribution >= 0.6 is 24.0 Å². The van der Waals surface area contributed by atoms with Crippen molar-refractivity contribution in [1.29, 1.82) is 0 Å². The number of aliphatic imine (C=N–C) groups is 1. The van der Waals surface area contributed by atoms with Crippen molar-refractivity contribution in [1.82, 2.24) is 25.3 Å². The molecule has 0 atom stereocenters. The van der Waals surface area contributed by atoms with Crippen molar-refractivity contribution >= 4 is 41.5 Å². The maximum atomic E-state index is 11.5. The topological polar surface area (TPSA) is 118 Å². The number of nitro groups is 1. The molecule has 2 heterocycles. The van der Waals surface area contributed by atoms with Gasteiger partial charge in [-0.25, -0.2) is 0 Å². The first-order chi connectivity index (χ1) is 12.0. The lowest BCUT2D eigenvalue weighted by Gasteiger charge is -2.34. The van der Waals surface area contributed by atoms with Gasteiger partial charge in [-0.15, -0.1) is 24.0 Å². The molecule has 10 nitrogen and oxygen atoms in total. The van der Waals surface area contributed by atoms with Gasteiger partial charge in [-0.05, 0) is 18.8 Å². The Hall–Kier alpha value is -1.92. The summed E-state index contributed by atoms with van der Waals surface area (Å²) in [6.45, 7) is 2.80. The van der Waals surface area contributed by atoms with E-state index in [4.69, 9.17) is 0 Å². The number of guanidine groups is 1. The van der Waals surface area contributed by atoms with Crippen molar-refractivity contribution in [3.8, 4) is 0 Å². The number of nitrogens with one attached hydrogen (secondary N) is 2. The van der Waals surface area contributed by atoms with Crippen LogP contribution in [0.4, 0.5) is 5.69 Å². The predicted octanol–water partition coefficient (Wildman–Crippen LogP) is 0.833. The van der Waals surface area contributed by atoms with Gasteiger partial charge >= 0.3 is 5.69 Å². The maximum Gasteiger partial charge on any atom is 0.306 e. The van der Waals surface area contributed by atoms with E-state index in [1.165, 1.54) is 17.1 Å². The fourth-order valence-electron chi connectivity index (χ4n) is 2.90. The van der Waals surface area contributed by atoms with E-state index < -0.39 is 4.92 Å². The summed E-state index contributed by atoms with van der Waals surface area (Å²) in [4.78, 5) is 28.1. The first-order valence-corrected chi connectivity index (χ1v) is 8.36. The molecule has 0 spiro atoms. The summed E-state index contributed by atoms with van der Waals surface area (Å²) in [6, 6.07) is 0. The van der Waals surface area contributed by atoms with Gasteiger partial charge in [0.1, 0.15) is 12.4 Å². The Bertz CT molecular complexity index is 627. The molecule has 26 heavy (non-hydrogen) atoms. The summed E-state index contributed by atoms with van der Waals surface area (Å²) in [5.41, 5.74) is -0.0115. The number of amides is 1. The van der Waals surface area contributed by atoms with Crippen molar-refractivity contribution in [2.45, 2.75) is 25.8 Å². The molecule has 1 saturated heterocycles. The molecule has 1 aromatic rings.